The molecule has 0 unspecified atom stereocenters. The van der Waals surface area contributed by atoms with E-state index in [1.807, 2.05) is 42.5 Å². The molecule has 0 saturated heterocycles. The van der Waals surface area contributed by atoms with Crippen molar-refractivity contribution in [3.8, 4) is 5.69 Å². The van der Waals surface area contributed by atoms with Crippen LogP contribution < -0.4 is 5.43 Å². The maximum Gasteiger partial charge on any atom is 0.117 e. The number of para-hydroxylation sites is 1. The minimum absolute atomic E-state index is 0.388. The number of aromatic nitrogens is 1. The van der Waals surface area contributed by atoms with Crippen molar-refractivity contribution in [1.82, 2.24) is 4.57 Å². The molecule has 44 heavy (non-hydrogen) atoms. The zero-order chi connectivity index (χ0) is 29.2. The molecule has 1 aromatic heterocycles. The van der Waals surface area contributed by atoms with E-state index in [0.717, 1.165) is 33.3 Å². The lowest BCUT2D eigenvalue weighted by molar-refractivity contribution is 1.19. The zero-order valence-corrected chi connectivity index (χ0v) is 23.8. The Labute approximate surface area is 253 Å². The molecule has 206 valence electrons. The van der Waals surface area contributed by atoms with Gasteiger partial charge in [0.05, 0.1) is 22.4 Å². The van der Waals surface area contributed by atoms with Crippen LogP contribution in [-0.4, -0.2) is 16.0 Å². The summed E-state index contributed by atoms with van der Waals surface area (Å²) in [5, 5.41) is 23.1. The van der Waals surface area contributed by atoms with Crippen molar-refractivity contribution >= 4 is 77.3 Å². The first-order valence-corrected chi connectivity index (χ1v) is 14.8. The van der Waals surface area contributed by atoms with E-state index < -0.39 is 0 Å². The molecule has 7 aromatic carbocycles. The van der Waals surface area contributed by atoms with E-state index in [4.69, 9.17) is 10.5 Å². The van der Waals surface area contributed by atoms with Crippen LogP contribution in [0.5, 0.6) is 0 Å². The van der Waals surface area contributed by atoms with Gasteiger partial charge in [0, 0.05) is 22.0 Å². The minimum atomic E-state index is 0.388. The number of anilines is 1. The number of benzene rings is 7. The van der Waals surface area contributed by atoms with Gasteiger partial charge >= 0.3 is 0 Å². The molecular weight excluding hydrogens is 536 g/mol. The van der Waals surface area contributed by atoms with Gasteiger partial charge < -0.3 is 4.57 Å². The third kappa shape index (κ3) is 3.71. The summed E-state index contributed by atoms with van der Waals surface area (Å²) < 4.78 is 2.40. The molecule has 0 spiro atoms. The van der Waals surface area contributed by atoms with Gasteiger partial charge in [0.1, 0.15) is 5.71 Å². The van der Waals surface area contributed by atoms with Gasteiger partial charge in [-0.15, -0.1) is 0 Å². The Morgan fingerprint density at radius 2 is 1.30 bits per heavy atom. The van der Waals surface area contributed by atoms with E-state index in [9.17, 15) is 0 Å². The normalized spacial score (nSPS) is 13.9. The van der Waals surface area contributed by atoms with Crippen molar-refractivity contribution in [2.75, 3.05) is 5.43 Å². The Balaban J connectivity index is 1.29. The van der Waals surface area contributed by atoms with Gasteiger partial charge in [0.15, 0.2) is 0 Å². The Morgan fingerprint density at radius 3 is 2.16 bits per heavy atom. The van der Waals surface area contributed by atoms with Crippen LogP contribution in [0.1, 0.15) is 11.1 Å². The summed E-state index contributed by atoms with van der Waals surface area (Å²) in [5.41, 5.74) is 10.6. The summed E-state index contributed by atoms with van der Waals surface area (Å²) >= 11 is 0. The SMILES string of the molecule is N=C1C=Cc2ccc3cc(-n4c5cc6ccccc6cc5c5c6ccccc6ccc54)ccc3c2/C1=N/Nc1ccccc1. The van der Waals surface area contributed by atoms with Gasteiger partial charge in [0.25, 0.3) is 0 Å². The number of nitrogens with zero attached hydrogens (tertiary/aromatic N) is 2. The Bertz CT molecular complexity index is 2530. The fourth-order valence-corrected chi connectivity index (χ4v) is 6.76. The number of allylic oxidation sites excluding steroid dienone is 1. The highest BCUT2D eigenvalue weighted by Crippen LogP contribution is 2.39. The van der Waals surface area contributed by atoms with E-state index in [-0.39, 0.29) is 0 Å². The molecule has 0 saturated carbocycles. The maximum absolute atomic E-state index is 8.72. The van der Waals surface area contributed by atoms with Gasteiger partial charge in [-0.05, 0) is 86.4 Å². The molecule has 0 amide bonds. The average molecular weight is 563 g/mol. The number of nitrogens with one attached hydrogen (secondary N) is 2. The molecule has 0 radical (unpaired) electrons. The number of rotatable bonds is 3. The van der Waals surface area contributed by atoms with Gasteiger partial charge in [-0.25, -0.2) is 0 Å². The Morgan fingerprint density at radius 1 is 0.545 bits per heavy atom. The molecule has 0 atom stereocenters. The largest absolute Gasteiger partial charge is 0.309 e. The first-order chi connectivity index (χ1) is 21.7. The fraction of sp³-hybridized carbons (Fsp3) is 0. The average Bonchev–Trinajstić information content (AvgIpc) is 3.40. The molecule has 4 heteroatoms. The molecular formula is C40H26N4. The van der Waals surface area contributed by atoms with Gasteiger partial charge in [-0.1, -0.05) is 97.1 Å². The summed E-state index contributed by atoms with van der Waals surface area (Å²) in [4.78, 5) is 0. The topological polar surface area (TPSA) is 53.2 Å². The van der Waals surface area contributed by atoms with Crippen molar-refractivity contribution < 1.29 is 0 Å². The molecule has 2 N–H and O–H groups in total. The van der Waals surface area contributed by atoms with Gasteiger partial charge in [-0.3, -0.25) is 10.8 Å². The Kier molecular flexibility index (Phi) is 5.32. The quantitative estimate of drug-likeness (QED) is 0.207. The summed E-state index contributed by atoms with van der Waals surface area (Å²) in [6.07, 6.45) is 3.83. The third-order valence-electron chi connectivity index (χ3n) is 8.81. The molecule has 0 bridgehead atoms. The van der Waals surface area contributed by atoms with Gasteiger partial charge in [0.2, 0.25) is 0 Å². The highest BCUT2D eigenvalue weighted by molar-refractivity contribution is 6.55. The van der Waals surface area contributed by atoms with Crippen LogP contribution in [0.4, 0.5) is 5.69 Å². The predicted molar refractivity (Wildman–Crippen MR) is 187 cm³/mol. The summed E-state index contributed by atoms with van der Waals surface area (Å²) in [7, 11) is 0. The Hall–Kier alpha value is -6.00. The van der Waals surface area contributed by atoms with Crippen molar-refractivity contribution in [2.45, 2.75) is 0 Å². The second kappa shape index (κ2) is 9.51. The molecule has 0 aliphatic heterocycles. The first kappa shape index (κ1) is 24.6. The smallest absolute Gasteiger partial charge is 0.117 e. The van der Waals surface area contributed by atoms with Crippen LogP contribution in [0.15, 0.2) is 145 Å². The number of hydrogen-bond acceptors (Lipinski definition) is 3. The lowest BCUT2D eigenvalue weighted by Gasteiger charge is -2.18. The van der Waals surface area contributed by atoms with E-state index in [2.05, 4.69) is 113 Å². The second-order valence-electron chi connectivity index (χ2n) is 11.4. The van der Waals surface area contributed by atoms with Crippen molar-refractivity contribution in [2.24, 2.45) is 5.10 Å². The molecule has 1 aliphatic carbocycles. The van der Waals surface area contributed by atoms with Crippen LogP contribution in [0.3, 0.4) is 0 Å². The van der Waals surface area contributed by atoms with Crippen LogP contribution in [-0.2, 0) is 0 Å². The van der Waals surface area contributed by atoms with E-state index in [1.54, 1.807) is 0 Å². The highest BCUT2D eigenvalue weighted by atomic mass is 15.3. The number of hydrogen-bond donors (Lipinski definition) is 2. The molecule has 1 aliphatic rings. The lowest BCUT2D eigenvalue weighted by atomic mass is 9.89. The number of fused-ring (bicyclic) bond motifs is 9. The monoisotopic (exact) mass is 562 g/mol. The van der Waals surface area contributed by atoms with Crippen LogP contribution in [0, 0.1) is 5.41 Å². The van der Waals surface area contributed by atoms with Crippen LogP contribution in [0.2, 0.25) is 0 Å². The fourth-order valence-electron chi connectivity index (χ4n) is 6.76. The standard InChI is InChI=1S/C40H26N4/c41-35-20-16-26-14-15-29-22-31(18-19-33(29)38(26)40(35)43-42-30-11-2-1-3-12-30)44-36-21-17-25-8-6-7-13-32(25)39(36)34-23-27-9-4-5-10-28(27)24-37(34)44/h1-24,41-42H/b41-35?,43-40+. The van der Waals surface area contributed by atoms with E-state index >= 15 is 0 Å². The predicted octanol–water partition coefficient (Wildman–Crippen LogP) is 10.1. The van der Waals surface area contributed by atoms with Crippen molar-refractivity contribution in [3.63, 3.8) is 0 Å². The summed E-state index contributed by atoms with van der Waals surface area (Å²) in [6.45, 7) is 0. The highest BCUT2D eigenvalue weighted by Gasteiger charge is 2.21. The molecule has 9 rings (SSSR count). The van der Waals surface area contributed by atoms with Crippen molar-refractivity contribution in [3.05, 3.63) is 151 Å². The van der Waals surface area contributed by atoms with Crippen LogP contribution >= 0.6 is 0 Å². The third-order valence-corrected chi connectivity index (χ3v) is 8.81. The van der Waals surface area contributed by atoms with Gasteiger partial charge in [-0.2, -0.15) is 5.10 Å². The molecule has 0 fully saturated rings. The maximum atomic E-state index is 8.72. The minimum Gasteiger partial charge on any atom is -0.309 e. The summed E-state index contributed by atoms with van der Waals surface area (Å²) in [5.74, 6) is 0. The molecule has 4 nitrogen and oxygen atoms in total. The second-order valence-corrected chi connectivity index (χ2v) is 11.4. The first-order valence-electron chi connectivity index (χ1n) is 14.8. The van der Waals surface area contributed by atoms with E-state index in [0.29, 0.717) is 11.4 Å². The number of hydrazone groups is 1. The summed E-state index contributed by atoms with van der Waals surface area (Å²) in [6, 6.07) is 47.2. The molecule has 1 heterocycles. The zero-order valence-electron chi connectivity index (χ0n) is 23.8. The lowest BCUT2D eigenvalue weighted by Crippen LogP contribution is -2.19. The van der Waals surface area contributed by atoms with E-state index in [1.165, 1.54) is 43.4 Å². The van der Waals surface area contributed by atoms with Crippen molar-refractivity contribution in [1.29, 1.82) is 5.41 Å². The van der Waals surface area contributed by atoms with Crippen LogP contribution in [0.25, 0.3) is 65.9 Å². The molecule has 8 aromatic rings.